The van der Waals surface area contributed by atoms with Crippen LogP contribution >= 0.6 is 0 Å². The van der Waals surface area contributed by atoms with E-state index < -0.39 is 0 Å². The van der Waals surface area contributed by atoms with Crippen LogP contribution in [0.3, 0.4) is 0 Å². The molecule has 0 aliphatic heterocycles. The fraction of sp³-hybridized carbons (Fsp3) is 0.273. The monoisotopic (exact) mass is 189 g/mol. The van der Waals surface area contributed by atoms with Gasteiger partial charge >= 0.3 is 5.63 Å². The molecule has 0 saturated carbocycles. The van der Waals surface area contributed by atoms with Gasteiger partial charge in [0.15, 0.2) is 6.39 Å². The summed E-state index contributed by atoms with van der Waals surface area (Å²) in [5.41, 5.74) is 3.55. The third-order valence-electron chi connectivity index (χ3n) is 2.56. The second-order valence-corrected chi connectivity index (χ2v) is 3.50. The van der Waals surface area contributed by atoms with E-state index in [0.717, 1.165) is 22.2 Å². The normalized spacial score (nSPS) is 10.8. The molecule has 0 aliphatic carbocycles. The lowest BCUT2D eigenvalue weighted by molar-refractivity contribution is 0.500. The molecule has 0 bridgehead atoms. The fourth-order valence-electron chi connectivity index (χ4n) is 1.67. The van der Waals surface area contributed by atoms with E-state index in [0.29, 0.717) is 5.39 Å². The van der Waals surface area contributed by atoms with Gasteiger partial charge in [-0.15, -0.1) is 0 Å². The van der Waals surface area contributed by atoms with Gasteiger partial charge in [-0.3, -0.25) is 0 Å². The molecule has 3 heteroatoms. The van der Waals surface area contributed by atoms with Crippen molar-refractivity contribution in [3.8, 4) is 0 Å². The van der Waals surface area contributed by atoms with Gasteiger partial charge < -0.3 is 4.42 Å². The minimum atomic E-state index is -0.310. The lowest BCUT2D eigenvalue weighted by atomic mass is 10.0. The first-order chi connectivity index (χ1) is 6.61. The highest BCUT2D eigenvalue weighted by Crippen LogP contribution is 2.20. The first-order valence-electron chi connectivity index (χ1n) is 4.45. The number of aryl methyl sites for hydroxylation is 3. The number of aromatic nitrogens is 1. The van der Waals surface area contributed by atoms with Gasteiger partial charge in [-0.2, -0.15) is 0 Å². The van der Waals surface area contributed by atoms with E-state index in [1.165, 1.54) is 6.39 Å². The summed E-state index contributed by atoms with van der Waals surface area (Å²) < 4.78 is 4.75. The molecule has 2 rings (SSSR count). The van der Waals surface area contributed by atoms with Crippen molar-refractivity contribution in [2.24, 2.45) is 0 Å². The topological polar surface area (TPSA) is 43.1 Å². The van der Waals surface area contributed by atoms with Crippen LogP contribution in [0, 0.1) is 20.8 Å². The van der Waals surface area contributed by atoms with Crippen LogP contribution in [0.4, 0.5) is 0 Å². The Morgan fingerprint density at radius 2 is 1.93 bits per heavy atom. The fourth-order valence-corrected chi connectivity index (χ4v) is 1.67. The Labute approximate surface area is 81.4 Å². The van der Waals surface area contributed by atoms with Crippen molar-refractivity contribution in [3.63, 3.8) is 0 Å². The minimum absolute atomic E-state index is 0.310. The van der Waals surface area contributed by atoms with Crippen LogP contribution in [0.25, 0.3) is 10.9 Å². The van der Waals surface area contributed by atoms with Crippen molar-refractivity contribution < 1.29 is 4.42 Å². The van der Waals surface area contributed by atoms with Gasteiger partial charge in [-0.25, -0.2) is 9.78 Å². The lowest BCUT2D eigenvalue weighted by Crippen LogP contribution is -2.04. The number of benzene rings is 1. The Morgan fingerprint density at radius 1 is 1.21 bits per heavy atom. The van der Waals surface area contributed by atoms with Crippen molar-refractivity contribution in [2.45, 2.75) is 20.8 Å². The van der Waals surface area contributed by atoms with Gasteiger partial charge in [0.25, 0.3) is 0 Å². The third-order valence-corrected chi connectivity index (χ3v) is 2.56. The zero-order valence-electron chi connectivity index (χ0n) is 8.42. The molecule has 0 aliphatic rings. The molecule has 0 N–H and O–H groups in total. The van der Waals surface area contributed by atoms with Crippen LogP contribution in [0.2, 0.25) is 0 Å². The average Bonchev–Trinajstić information content (AvgIpc) is 2.14. The smallest absolute Gasteiger partial charge is 0.346 e. The van der Waals surface area contributed by atoms with Crippen molar-refractivity contribution in [3.05, 3.63) is 39.6 Å². The SMILES string of the molecule is Cc1cc(C)c2c(=O)ocnc2c1C. The highest BCUT2D eigenvalue weighted by molar-refractivity contribution is 5.84. The van der Waals surface area contributed by atoms with Gasteiger partial charge in [0, 0.05) is 0 Å². The molecule has 0 fully saturated rings. The van der Waals surface area contributed by atoms with E-state index in [1.54, 1.807) is 0 Å². The van der Waals surface area contributed by atoms with Crippen LogP contribution in [0.5, 0.6) is 0 Å². The summed E-state index contributed by atoms with van der Waals surface area (Å²) in [6, 6.07) is 1.98. The molecule has 0 spiro atoms. The molecule has 14 heavy (non-hydrogen) atoms. The zero-order chi connectivity index (χ0) is 10.3. The first kappa shape index (κ1) is 8.94. The molecule has 0 radical (unpaired) electrons. The van der Waals surface area contributed by atoms with E-state index in [4.69, 9.17) is 4.42 Å². The van der Waals surface area contributed by atoms with Gasteiger partial charge in [0.2, 0.25) is 0 Å². The maximum atomic E-state index is 11.5. The summed E-state index contributed by atoms with van der Waals surface area (Å²) >= 11 is 0. The average molecular weight is 189 g/mol. The Bertz CT molecular complexity index is 555. The Morgan fingerprint density at radius 3 is 2.64 bits per heavy atom. The Balaban J connectivity index is 3.10. The van der Waals surface area contributed by atoms with E-state index >= 15 is 0 Å². The number of nitrogens with zero attached hydrogens (tertiary/aromatic N) is 1. The predicted molar refractivity (Wildman–Crippen MR) is 54.5 cm³/mol. The number of hydrogen-bond donors (Lipinski definition) is 0. The van der Waals surface area contributed by atoms with Crippen molar-refractivity contribution in [1.29, 1.82) is 0 Å². The van der Waals surface area contributed by atoms with Crippen LogP contribution in [0.15, 0.2) is 21.7 Å². The second kappa shape index (κ2) is 2.94. The molecule has 1 aromatic heterocycles. The van der Waals surface area contributed by atoms with Crippen molar-refractivity contribution in [1.82, 2.24) is 4.98 Å². The summed E-state index contributed by atoms with van der Waals surface area (Å²) in [4.78, 5) is 15.6. The quantitative estimate of drug-likeness (QED) is 0.637. The maximum absolute atomic E-state index is 11.5. The lowest BCUT2D eigenvalue weighted by Gasteiger charge is -2.05. The van der Waals surface area contributed by atoms with Crippen LogP contribution in [-0.4, -0.2) is 4.98 Å². The van der Waals surface area contributed by atoms with Crippen LogP contribution in [-0.2, 0) is 0 Å². The Kier molecular flexibility index (Phi) is 1.88. The van der Waals surface area contributed by atoms with E-state index in [2.05, 4.69) is 4.98 Å². The van der Waals surface area contributed by atoms with E-state index in [-0.39, 0.29) is 5.63 Å². The van der Waals surface area contributed by atoms with Crippen LogP contribution in [0.1, 0.15) is 16.7 Å². The van der Waals surface area contributed by atoms with Gasteiger partial charge in [-0.05, 0) is 37.5 Å². The summed E-state index contributed by atoms with van der Waals surface area (Å²) in [5, 5.41) is 0.593. The van der Waals surface area contributed by atoms with Gasteiger partial charge in [-0.1, -0.05) is 6.07 Å². The molecule has 1 heterocycles. The molecule has 1 aromatic carbocycles. The number of fused-ring (bicyclic) bond motifs is 1. The van der Waals surface area contributed by atoms with E-state index in [1.807, 2.05) is 26.8 Å². The molecule has 0 amide bonds. The molecule has 3 nitrogen and oxygen atoms in total. The first-order valence-corrected chi connectivity index (χ1v) is 4.45. The summed E-state index contributed by atoms with van der Waals surface area (Å²) in [6.07, 6.45) is 1.20. The molecule has 0 atom stereocenters. The highest BCUT2D eigenvalue weighted by atomic mass is 16.4. The van der Waals surface area contributed by atoms with Gasteiger partial charge in [0.1, 0.15) is 0 Å². The zero-order valence-corrected chi connectivity index (χ0v) is 8.42. The summed E-state index contributed by atoms with van der Waals surface area (Å²) in [6.45, 7) is 5.87. The van der Waals surface area contributed by atoms with E-state index in [9.17, 15) is 4.79 Å². The standard InChI is InChI=1S/C11H11NO2/c1-6-4-7(2)9-10(8(6)3)12-5-14-11(9)13/h4-5H,1-3H3. The molecule has 0 saturated heterocycles. The maximum Gasteiger partial charge on any atom is 0.346 e. The van der Waals surface area contributed by atoms with Crippen LogP contribution < -0.4 is 5.63 Å². The summed E-state index contributed by atoms with van der Waals surface area (Å²) in [7, 11) is 0. The highest BCUT2D eigenvalue weighted by Gasteiger charge is 2.08. The second-order valence-electron chi connectivity index (χ2n) is 3.50. The number of hydrogen-bond acceptors (Lipinski definition) is 3. The predicted octanol–water partition coefficient (Wildman–Crippen LogP) is 2.11. The minimum Gasteiger partial charge on any atom is -0.411 e. The summed E-state index contributed by atoms with van der Waals surface area (Å²) in [5.74, 6) is 0. The van der Waals surface area contributed by atoms with Gasteiger partial charge in [0.05, 0.1) is 10.9 Å². The number of rotatable bonds is 0. The molecule has 72 valence electrons. The molecular formula is C11H11NO2. The van der Waals surface area contributed by atoms with Crippen molar-refractivity contribution >= 4 is 10.9 Å². The molecular weight excluding hydrogens is 178 g/mol. The molecule has 2 aromatic rings. The largest absolute Gasteiger partial charge is 0.411 e. The third kappa shape index (κ3) is 1.13. The Hall–Kier alpha value is -1.64. The molecule has 0 unspecified atom stereocenters. The van der Waals surface area contributed by atoms with Crippen molar-refractivity contribution in [2.75, 3.05) is 0 Å².